The van der Waals surface area contributed by atoms with Gasteiger partial charge >= 0.3 is 5.97 Å². The molecule has 0 aliphatic carbocycles. The van der Waals surface area contributed by atoms with Crippen molar-refractivity contribution in [2.45, 2.75) is 38.6 Å². The number of carboxylic acid groups (broad SMARTS) is 1. The monoisotopic (exact) mass is 464 g/mol. The number of ether oxygens (including phenoxy) is 1. The first-order chi connectivity index (χ1) is 16.5. The summed E-state index contributed by atoms with van der Waals surface area (Å²) in [6.07, 6.45) is 3.64. The summed E-state index contributed by atoms with van der Waals surface area (Å²) >= 11 is 0. The van der Waals surface area contributed by atoms with E-state index in [-0.39, 0.29) is 18.4 Å². The van der Waals surface area contributed by atoms with E-state index in [1.165, 1.54) is 4.90 Å². The van der Waals surface area contributed by atoms with Gasteiger partial charge in [-0.15, -0.1) is 0 Å². The maximum Gasteiger partial charge on any atom is 0.323 e. The molecule has 0 spiro atoms. The number of carbonyl (C=O) groups excluding carboxylic acids is 2. The van der Waals surface area contributed by atoms with E-state index in [0.29, 0.717) is 44.2 Å². The van der Waals surface area contributed by atoms with Gasteiger partial charge in [0.2, 0.25) is 17.8 Å². The third kappa shape index (κ3) is 5.92. The average molecular weight is 465 g/mol. The van der Waals surface area contributed by atoms with E-state index < -0.39 is 5.97 Å². The van der Waals surface area contributed by atoms with Crippen molar-refractivity contribution >= 4 is 35.1 Å². The lowest BCUT2D eigenvalue weighted by molar-refractivity contribution is -0.136. The molecule has 0 atom stereocenters. The molecule has 0 unspecified atom stereocenters. The van der Waals surface area contributed by atoms with Crippen LogP contribution in [0.1, 0.15) is 37.7 Å². The summed E-state index contributed by atoms with van der Waals surface area (Å²) < 4.78 is 5.88. The van der Waals surface area contributed by atoms with E-state index in [0.717, 1.165) is 36.3 Å². The predicted octanol–water partition coefficient (Wildman–Crippen LogP) is 3.07. The SMILES string of the molecule is O=C(O)CN(C(=O)CCCCCCOc1ccc2c(c1)CN1CC(=O)NC1=N2)c1ccccc1. The molecule has 2 aliphatic rings. The highest BCUT2D eigenvalue weighted by Gasteiger charge is 2.29. The minimum atomic E-state index is -1.03. The Morgan fingerprint density at radius 1 is 1.06 bits per heavy atom. The Hall–Kier alpha value is -3.88. The Balaban J connectivity index is 1.16. The molecule has 2 aromatic carbocycles. The topological polar surface area (TPSA) is 112 Å². The first-order valence-corrected chi connectivity index (χ1v) is 11.5. The molecule has 0 aromatic heterocycles. The smallest absolute Gasteiger partial charge is 0.323 e. The molecule has 0 saturated carbocycles. The van der Waals surface area contributed by atoms with Gasteiger partial charge in [0.05, 0.1) is 12.3 Å². The van der Waals surface area contributed by atoms with Crippen LogP contribution >= 0.6 is 0 Å². The zero-order chi connectivity index (χ0) is 23.9. The maximum atomic E-state index is 12.6. The fraction of sp³-hybridized carbons (Fsp3) is 0.360. The lowest BCUT2D eigenvalue weighted by Crippen LogP contribution is -2.35. The minimum Gasteiger partial charge on any atom is -0.494 e. The molecular formula is C25H28N4O5. The van der Waals surface area contributed by atoms with Gasteiger partial charge in [-0.3, -0.25) is 19.7 Å². The number of hydrogen-bond acceptors (Lipinski definition) is 6. The van der Waals surface area contributed by atoms with Crippen LogP contribution in [0.25, 0.3) is 0 Å². The Morgan fingerprint density at radius 2 is 1.85 bits per heavy atom. The van der Waals surface area contributed by atoms with Crippen LogP contribution < -0.4 is 15.0 Å². The Morgan fingerprint density at radius 3 is 2.65 bits per heavy atom. The number of aliphatic imine (C=N–C) groups is 1. The van der Waals surface area contributed by atoms with Gasteiger partial charge in [0.25, 0.3) is 0 Å². The summed E-state index contributed by atoms with van der Waals surface area (Å²) in [5.74, 6) is 0.131. The highest BCUT2D eigenvalue weighted by molar-refractivity contribution is 6.05. The van der Waals surface area contributed by atoms with Crippen LogP contribution in [0.4, 0.5) is 11.4 Å². The molecule has 2 aliphatic heterocycles. The van der Waals surface area contributed by atoms with Gasteiger partial charge in [-0.05, 0) is 43.2 Å². The summed E-state index contributed by atoms with van der Waals surface area (Å²) in [5, 5.41) is 11.9. The molecule has 2 amide bonds. The summed E-state index contributed by atoms with van der Waals surface area (Å²) in [7, 11) is 0. The fourth-order valence-corrected chi connectivity index (χ4v) is 4.05. The van der Waals surface area contributed by atoms with Crippen LogP contribution in [-0.4, -0.2) is 53.4 Å². The third-order valence-electron chi connectivity index (χ3n) is 5.74. The lowest BCUT2D eigenvalue weighted by atomic mass is 10.1. The quantitative estimate of drug-likeness (QED) is 0.495. The summed E-state index contributed by atoms with van der Waals surface area (Å²) in [5.41, 5.74) is 2.47. The van der Waals surface area contributed by atoms with Crippen molar-refractivity contribution in [3.63, 3.8) is 0 Å². The van der Waals surface area contributed by atoms with E-state index in [1.54, 1.807) is 24.3 Å². The zero-order valence-electron chi connectivity index (χ0n) is 18.9. The second-order valence-electron chi connectivity index (χ2n) is 8.35. The van der Waals surface area contributed by atoms with E-state index in [2.05, 4.69) is 10.3 Å². The number of benzene rings is 2. The number of carbonyl (C=O) groups is 3. The summed E-state index contributed by atoms with van der Waals surface area (Å²) in [6, 6.07) is 14.6. The number of amides is 2. The van der Waals surface area contributed by atoms with E-state index in [1.807, 2.05) is 29.2 Å². The molecule has 0 bridgehead atoms. The maximum absolute atomic E-state index is 12.6. The lowest BCUT2D eigenvalue weighted by Gasteiger charge is -2.23. The molecule has 0 radical (unpaired) electrons. The number of carboxylic acids is 1. The third-order valence-corrected chi connectivity index (χ3v) is 5.74. The van der Waals surface area contributed by atoms with Gasteiger partial charge in [-0.25, -0.2) is 4.99 Å². The number of unbranched alkanes of at least 4 members (excludes halogenated alkanes) is 3. The van der Waals surface area contributed by atoms with Gasteiger partial charge in [0.1, 0.15) is 18.8 Å². The number of nitrogens with one attached hydrogen (secondary N) is 1. The number of nitrogens with zero attached hydrogens (tertiary/aromatic N) is 3. The molecule has 1 fully saturated rings. The molecular weight excluding hydrogens is 436 g/mol. The number of fused-ring (bicyclic) bond motifs is 2. The van der Waals surface area contributed by atoms with Gasteiger partial charge < -0.3 is 19.6 Å². The van der Waals surface area contributed by atoms with Crippen LogP contribution in [0, 0.1) is 0 Å². The van der Waals surface area contributed by atoms with Gasteiger partial charge in [-0.1, -0.05) is 31.0 Å². The van der Waals surface area contributed by atoms with Gasteiger partial charge in [-0.2, -0.15) is 0 Å². The molecule has 34 heavy (non-hydrogen) atoms. The van der Waals surface area contributed by atoms with Crippen LogP contribution in [0.3, 0.4) is 0 Å². The van der Waals surface area contributed by atoms with Crippen molar-refractivity contribution in [3.05, 3.63) is 54.1 Å². The number of aliphatic carboxylic acids is 1. The average Bonchev–Trinajstić information content (AvgIpc) is 3.19. The standard InChI is InChI=1S/C25H28N4O5/c30-22-16-28-15-18-14-20(11-12-21(18)26-25(28)27-22)34-13-7-2-1-6-10-23(31)29(17-24(32)33)19-8-4-3-5-9-19/h3-5,8-9,11-12,14H,1-2,6-7,10,13,15-17H2,(H,32,33)(H,26,27,30). The van der Waals surface area contributed by atoms with Crippen LogP contribution in [0.5, 0.6) is 5.75 Å². The van der Waals surface area contributed by atoms with Crippen molar-refractivity contribution in [3.8, 4) is 5.75 Å². The van der Waals surface area contributed by atoms with Crippen molar-refractivity contribution in [2.24, 2.45) is 4.99 Å². The number of para-hydroxylation sites is 1. The van der Waals surface area contributed by atoms with Crippen molar-refractivity contribution in [1.82, 2.24) is 10.2 Å². The molecule has 178 valence electrons. The van der Waals surface area contributed by atoms with Crippen LogP contribution in [-0.2, 0) is 20.9 Å². The summed E-state index contributed by atoms with van der Waals surface area (Å²) in [4.78, 5) is 43.0. The molecule has 9 heteroatoms. The molecule has 2 heterocycles. The number of guanidine groups is 1. The van der Waals surface area contributed by atoms with Gasteiger partial charge in [0.15, 0.2) is 0 Å². The normalized spacial score (nSPS) is 14.1. The van der Waals surface area contributed by atoms with Crippen molar-refractivity contribution in [1.29, 1.82) is 0 Å². The van der Waals surface area contributed by atoms with E-state index >= 15 is 0 Å². The van der Waals surface area contributed by atoms with Crippen molar-refractivity contribution < 1.29 is 24.2 Å². The second kappa shape index (κ2) is 10.8. The van der Waals surface area contributed by atoms with E-state index in [9.17, 15) is 14.4 Å². The summed E-state index contributed by atoms with van der Waals surface area (Å²) in [6.45, 7) is 1.18. The van der Waals surface area contributed by atoms with Crippen LogP contribution in [0.15, 0.2) is 53.5 Å². The largest absolute Gasteiger partial charge is 0.494 e. The molecule has 4 rings (SSSR count). The first-order valence-electron chi connectivity index (χ1n) is 11.5. The molecule has 2 N–H and O–H groups in total. The minimum absolute atomic E-state index is 0.0422. The zero-order valence-corrected chi connectivity index (χ0v) is 18.9. The fourth-order valence-electron chi connectivity index (χ4n) is 4.05. The number of hydrogen-bond donors (Lipinski definition) is 2. The van der Waals surface area contributed by atoms with Crippen LogP contribution in [0.2, 0.25) is 0 Å². The Kier molecular flexibility index (Phi) is 7.41. The molecule has 1 saturated heterocycles. The second-order valence-corrected chi connectivity index (χ2v) is 8.35. The van der Waals surface area contributed by atoms with E-state index in [4.69, 9.17) is 9.84 Å². The number of rotatable bonds is 11. The van der Waals surface area contributed by atoms with Crippen molar-refractivity contribution in [2.75, 3.05) is 24.6 Å². The molecule has 9 nitrogen and oxygen atoms in total. The number of anilines is 1. The Labute approximate surface area is 198 Å². The highest BCUT2D eigenvalue weighted by Crippen LogP contribution is 2.30. The molecule has 2 aromatic rings. The van der Waals surface area contributed by atoms with Gasteiger partial charge in [0, 0.05) is 24.2 Å². The highest BCUT2D eigenvalue weighted by atomic mass is 16.5. The first kappa shape index (κ1) is 23.3. The predicted molar refractivity (Wildman–Crippen MR) is 127 cm³/mol. The Bertz CT molecular complexity index is 1090.